The molecule has 1 aromatic carbocycles. The summed E-state index contributed by atoms with van der Waals surface area (Å²) in [5.74, 6) is -0.917. The topological polar surface area (TPSA) is 108 Å². The number of likely N-dealkylation sites (tertiary alicyclic amines) is 1. The number of carbonyl (C=O) groups is 3. The number of hydrogen-bond acceptors (Lipinski definition) is 5. The Bertz CT molecular complexity index is 691. The molecule has 0 unspecified atom stereocenters. The predicted octanol–water partition coefficient (Wildman–Crippen LogP) is 2.19. The van der Waals surface area contributed by atoms with Crippen LogP contribution in [0.4, 0.5) is 4.79 Å². The second-order valence-electron chi connectivity index (χ2n) is 7.63. The van der Waals surface area contributed by atoms with E-state index >= 15 is 0 Å². The van der Waals surface area contributed by atoms with Crippen LogP contribution in [0, 0.1) is 5.92 Å². The molecule has 1 aliphatic rings. The van der Waals surface area contributed by atoms with Crippen molar-refractivity contribution in [2.45, 2.75) is 45.6 Å². The van der Waals surface area contributed by atoms with E-state index in [2.05, 4.69) is 10.9 Å². The van der Waals surface area contributed by atoms with E-state index in [9.17, 15) is 19.5 Å². The van der Waals surface area contributed by atoms with Gasteiger partial charge in [-0.3, -0.25) is 20.4 Å². The number of phenols is 1. The zero-order chi connectivity index (χ0) is 20.0. The Kier molecular flexibility index (Phi) is 6.65. The summed E-state index contributed by atoms with van der Waals surface area (Å²) in [6.45, 7) is 6.55. The average Bonchev–Trinajstić information content (AvgIpc) is 2.59. The minimum Gasteiger partial charge on any atom is -0.507 e. The molecule has 0 spiro atoms. The van der Waals surface area contributed by atoms with Gasteiger partial charge in [-0.2, -0.15) is 0 Å². The lowest BCUT2D eigenvalue weighted by Crippen LogP contribution is -2.44. The molecule has 1 heterocycles. The van der Waals surface area contributed by atoms with Crippen LogP contribution in [0.1, 0.15) is 50.4 Å². The standard InChI is InChI=1S/C19H27N3O5/c1-19(2,3)27-18(26)22-10-8-13(9-11-22)12-16(24)20-21-17(25)14-6-4-5-7-15(14)23/h4-7,13,23H,8-12H2,1-3H3,(H,20,24)(H,21,25). The van der Waals surface area contributed by atoms with Gasteiger partial charge in [-0.05, 0) is 51.7 Å². The molecule has 2 rings (SSSR count). The van der Waals surface area contributed by atoms with Crippen LogP contribution in [-0.2, 0) is 9.53 Å². The monoisotopic (exact) mass is 377 g/mol. The summed E-state index contributed by atoms with van der Waals surface area (Å²) in [6.07, 6.45) is 1.31. The first-order chi connectivity index (χ1) is 12.7. The quantitative estimate of drug-likeness (QED) is 0.700. The summed E-state index contributed by atoms with van der Waals surface area (Å²) in [6, 6.07) is 6.08. The van der Waals surface area contributed by atoms with Crippen molar-refractivity contribution in [3.05, 3.63) is 29.8 Å². The van der Waals surface area contributed by atoms with Crippen molar-refractivity contribution in [1.29, 1.82) is 0 Å². The highest BCUT2D eigenvalue weighted by atomic mass is 16.6. The van der Waals surface area contributed by atoms with E-state index in [1.54, 1.807) is 17.0 Å². The fraction of sp³-hybridized carbons (Fsp3) is 0.526. The maximum Gasteiger partial charge on any atom is 0.410 e. The Hall–Kier alpha value is -2.77. The number of amides is 3. The second kappa shape index (κ2) is 8.75. The Morgan fingerprint density at radius 3 is 2.37 bits per heavy atom. The van der Waals surface area contributed by atoms with Crippen molar-refractivity contribution in [3.63, 3.8) is 0 Å². The molecule has 0 atom stereocenters. The number of benzene rings is 1. The maximum absolute atomic E-state index is 12.0. The molecule has 0 saturated carbocycles. The van der Waals surface area contributed by atoms with Crippen LogP contribution in [0.3, 0.4) is 0 Å². The van der Waals surface area contributed by atoms with Gasteiger partial charge in [0.15, 0.2) is 0 Å². The smallest absolute Gasteiger partial charge is 0.410 e. The predicted molar refractivity (Wildman–Crippen MR) is 98.9 cm³/mol. The number of hydrogen-bond donors (Lipinski definition) is 3. The number of phenolic OH excluding ortho intramolecular Hbond substituents is 1. The van der Waals surface area contributed by atoms with E-state index in [4.69, 9.17) is 4.74 Å². The van der Waals surface area contributed by atoms with E-state index in [-0.39, 0.29) is 35.7 Å². The lowest BCUT2D eigenvalue weighted by molar-refractivity contribution is -0.123. The SMILES string of the molecule is CC(C)(C)OC(=O)N1CCC(CC(=O)NNC(=O)c2ccccc2O)CC1. The highest BCUT2D eigenvalue weighted by Crippen LogP contribution is 2.22. The number of nitrogens with zero attached hydrogens (tertiary/aromatic N) is 1. The molecule has 1 fully saturated rings. The summed E-state index contributed by atoms with van der Waals surface area (Å²) in [7, 11) is 0. The normalized spacial score (nSPS) is 15.1. The molecule has 148 valence electrons. The third-order valence-electron chi connectivity index (χ3n) is 4.20. The molecule has 0 aliphatic carbocycles. The number of nitrogens with one attached hydrogen (secondary N) is 2. The lowest BCUT2D eigenvalue weighted by Gasteiger charge is -2.33. The number of piperidine rings is 1. The minimum atomic E-state index is -0.582. The van der Waals surface area contributed by atoms with Gasteiger partial charge < -0.3 is 14.7 Å². The van der Waals surface area contributed by atoms with Gasteiger partial charge >= 0.3 is 6.09 Å². The number of carbonyl (C=O) groups excluding carboxylic acids is 3. The number of hydrazine groups is 1. The molecule has 1 aromatic rings. The van der Waals surface area contributed by atoms with Gasteiger partial charge in [-0.15, -0.1) is 0 Å². The van der Waals surface area contributed by atoms with Gasteiger partial charge in [-0.25, -0.2) is 4.79 Å². The molecule has 27 heavy (non-hydrogen) atoms. The van der Waals surface area contributed by atoms with Gasteiger partial charge in [0.25, 0.3) is 5.91 Å². The van der Waals surface area contributed by atoms with Gasteiger partial charge in [0.05, 0.1) is 5.56 Å². The van der Waals surface area contributed by atoms with Crippen LogP contribution < -0.4 is 10.9 Å². The third kappa shape index (κ3) is 6.47. The number of rotatable bonds is 3. The van der Waals surface area contributed by atoms with Crippen LogP contribution in [0.5, 0.6) is 5.75 Å². The zero-order valence-corrected chi connectivity index (χ0v) is 15.9. The molecule has 0 radical (unpaired) electrons. The number of aromatic hydroxyl groups is 1. The third-order valence-corrected chi connectivity index (χ3v) is 4.20. The Labute approximate surface area is 158 Å². The highest BCUT2D eigenvalue weighted by molar-refractivity contribution is 5.97. The highest BCUT2D eigenvalue weighted by Gasteiger charge is 2.27. The summed E-state index contributed by atoms with van der Waals surface area (Å²) in [5, 5.41) is 9.63. The molecule has 0 aromatic heterocycles. The van der Waals surface area contributed by atoms with Gasteiger partial charge in [0, 0.05) is 19.5 Å². The summed E-state index contributed by atoms with van der Waals surface area (Å²) < 4.78 is 5.35. The van der Waals surface area contributed by atoms with Crippen molar-refractivity contribution in [1.82, 2.24) is 15.8 Å². The first kappa shape index (κ1) is 20.5. The fourth-order valence-electron chi connectivity index (χ4n) is 2.82. The van der Waals surface area contributed by atoms with E-state index in [0.29, 0.717) is 25.9 Å². The Balaban J connectivity index is 1.72. The second-order valence-corrected chi connectivity index (χ2v) is 7.63. The molecular formula is C19H27N3O5. The number of para-hydroxylation sites is 1. The summed E-state index contributed by atoms with van der Waals surface area (Å²) in [4.78, 5) is 37.7. The Morgan fingerprint density at radius 1 is 1.15 bits per heavy atom. The van der Waals surface area contributed by atoms with Crippen LogP contribution in [0.15, 0.2) is 24.3 Å². The van der Waals surface area contributed by atoms with Crippen molar-refractivity contribution >= 4 is 17.9 Å². The summed E-state index contributed by atoms with van der Waals surface area (Å²) in [5.41, 5.74) is 4.22. The van der Waals surface area contributed by atoms with Crippen molar-refractivity contribution in [2.75, 3.05) is 13.1 Å². The molecule has 1 aliphatic heterocycles. The zero-order valence-electron chi connectivity index (χ0n) is 15.9. The maximum atomic E-state index is 12.0. The minimum absolute atomic E-state index is 0.0865. The fourth-order valence-corrected chi connectivity index (χ4v) is 2.82. The average molecular weight is 377 g/mol. The van der Waals surface area contributed by atoms with E-state index in [1.165, 1.54) is 12.1 Å². The molecule has 1 saturated heterocycles. The largest absolute Gasteiger partial charge is 0.507 e. The first-order valence-corrected chi connectivity index (χ1v) is 9.01. The Morgan fingerprint density at radius 2 is 1.78 bits per heavy atom. The van der Waals surface area contributed by atoms with Crippen LogP contribution in [0.2, 0.25) is 0 Å². The lowest BCUT2D eigenvalue weighted by atomic mass is 9.93. The molecule has 8 nitrogen and oxygen atoms in total. The molecule has 3 N–H and O–H groups in total. The van der Waals surface area contributed by atoms with E-state index in [1.807, 2.05) is 20.8 Å². The van der Waals surface area contributed by atoms with Crippen molar-refractivity contribution in [2.24, 2.45) is 5.92 Å². The molecular weight excluding hydrogens is 350 g/mol. The van der Waals surface area contributed by atoms with Crippen LogP contribution in [-0.4, -0.2) is 46.6 Å². The molecule has 8 heteroatoms. The first-order valence-electron chi connectivity index (χ1n) is 9.01. The van der Waals surface area contributed by atoms with Gasteiger partial charge in [0.1, 0.15) is 11.4 Å². The van der Waals surface area contributed by atoms with E-state index in [0.717, 1.165) is 0 Å². The summed E-state index contributed by atoms with van der Waals surface area (Å²) >= 11 is 0. The van der Waals surface area contributed by atoms with E-state index < -0.39 is 11.5 Å². The van der Waals surface area contributed by atoms with Crippen LogP contribution >= 0.6 is 0 Å². The molecule has 0 bridgehead atoms. The van der Waals surface area contributed by atoms with Crippen molar-refractivity contribution in [3.8, 4) is 5.75 Å². The van der Waals surface area contributed by atoms with Gasteiger partial charge in [-0.1, -0.05) is 12.1 Å². The molecule has 3 amide bonds. The van der Waals surface area contributed by atoms with Gasteiger partial charge in [0.2, 0.25) is 5.91 Å². The van der Waals surface area contributed by atoms with Crippen molar-refractivity contribution < 1.29 is 24.2 Å². The van der Waals surface area contributed by atoms with Crippen LogP contribution in [0.25, 0.3) is 0 Å². The number of ether oxygens (including phenoxy) is 1.